The van der Waals surface area contributed by atoms with Crippen molar-refractivity contribution in [3.05, 3.63) is 23.9 Å². The van der Waals surface area contributed by atoms with Crippen LogP contribution in [0.25, 0.3) is 6.08 Å². The molecule has 1 rings (SSSR count). The van der Waals surface area contributed by atoms with Gasteiger partial charge in [0, 0.05) is 12.1 Å². The predicted octanol–water partition coefficient (Wildman–Crippen LogP) is 2.21. The molecule has 20 heavy (non-hydrogen) atoms. The lowest BCUT2D eigenvalue weighted by Gasteiger charge is -2.19. The molecular weight excluding hydrogens is 258 g/mol. The minimum atomic E-state index is -0.505. The molecular formula is C14H21N3O3. The first-order chi connectivity index (χ1) is 9.31. The summed E-state index contributed by atoms with van der Waals surface area (Å²) in [4.78, 5) is 15.5. The molecule has 0 unspecified atom stereocenters. The van der Waals surface area contributed by atoms with Crippen molar-refractivity contribution < 1.29 is 14.3 Å². The van der Waals surface area contributed by atoms with E-state index in [0.717, 1.165) is 5.56 Å². The molecule has 6 nitrogen and oxygen atoms in total. The van der Waals surface area contributed by atoms with Crippen LogP contribution in [0, 0.1) is 0 Å². The third kappa shape index (κ3) is 5.60. The first-order valence-electron chi connectivity index (χ1n) is 6.25. The summed E-state index contributed by atoms with van der Waals surface area (Å²) in [7, 11) is 1.54. The Kier molecular flexibility index (Phi) is 5.37. The van der Waals surface area contributed by atoms with E-state index in [1.54, 1.807) is 18.2 Å². The van der Waals surface area contributed by atoms with Crippen molar-refractivity contribution >= 4 is 17.9 Å². The lowest BCUT2D eigenvalue weighted by Crippen LogP contribution is -2.32. The minimum Gasteiger partial charge on any atom is -0.481 e. The van der Waals surface area contributed by atoms with E-state index >= 15 is 0 Å². The fourth-order valence-electron chi connectivity index (χ4n) is 1.42. The number of nitrogen functional groups attached to an aromatic ring is 1. The maximum Gasteiger partial charge on any atom is 0.407 e. The van der Waals surface area contributed by atoms with Crippen molar-refractivity contribution in [3.8, 4) is 5.88 Å². The van der Waals surface area contributed by atoms with Gasteiger partial charge in [0.1, 0.15) is 5.60 Å². The van der Waals surface area contributed by atoms with Gasteiger partial charge in [0.15, 0.2) is 0 Å². The number of alkyl carbamates (subject to hydrolysis) is 1. The number of amides is 1. The minimum absolute atomic E-state index is 0.340. The van der Waals surface area contributed by atoms with Crippen molar-refractivity contribution in [1.82, 2.24) is 10.3 Å². The quantitative estimate of drug-likeness (QED) is 0.882. The Balaban J connectivity index is 2.53. The molecule has 1 amide bonds. The van der Waals surface area contributed by atoms with Crippen LogP contribution in [0.2, 0.25) is 0 Å². The largest absolute Gasteiger partial charge is 0.481 e. The van der Waals surface area contributed by atoms with Crippen molar-refractivity contribution in [2.45, 2.75) is 26.4 Å². The van der Waals surface area contributed by atoms with Crippen LogP contribution >= 0.6 is 0 Å². The number of methoxy groups -OCH3 is 1. The summed E-state index contributed by atoms with van der Waals surface area (Å²) < 4.78 is 10.2. The summed E-state index contributed by atoms with van der Waals surface area (Å²) in [6, 6.07) is 1.75. The number of anilines is 1. The average molecular weight is 279 g/mol. The number of hydrogen-bond acceptors (Lipinski definition) is 5. The molecule has 0 aromatic carbocycles. The second kappa shape index (κ2) is 6.79. The third-order valence-electron chi connectivity index (χ3n) is 2.15. The molecule has 0 bridgehead atoms. The Hall–Kier alpha value is -2.24. The highest BCUT2D eigenvalue weighted by molar-refractivity contribution is 5.68. The lowest BCUT2D eigenvalue weighted by atomic mass is 10.2. The van der Waals surface area contributed by atoms with Crippen LogP contribution in [0.4, 0.5) is 10.5 Å². The molecule has 1 aromatic heterocycles. The number of carbonyl (C=O) groups excluding carboxylic acids is 1. The third-order valence-corrected chi connectivity index (χ3v) is 2.15. The summed E-state index contributed by atoms with van der Waals surface area (Å²) in [5.41, 5.74) is 6.45. The molecule has 0 aliphatic heterocycles. The first kappa shape index (κ1) is 15.8. The fraction of sp³-hybridized carbons (Fsp3) is 0.429. The van der Waals surface area contributed by atoms with E-state index in [1.807, 2.05) is 20.8 Å². The van der Waals surface area contributed by atoms with Crippen LogP contribution < -0.4 is 15.8 Å². The SMILES string of the molecule is COc1ncc(N)cc1C=CCNC(=O)OC(C)(C)C. The number of aromatic nitrogens is 1. The molecule has 0 aliphatic rings. The molecule has 110 valence electrons. The second-order valence-corrected chi connectivity index (χ2v) is 5.15. The number of nitrogens with zero attached hydrogens (tertiary/aromatic N) is 1. The van der Waals surface area contributed by atoms with Gasteiger partial charge in [-0.25, -0.2) is 9.78 Å². The molecule has 1 aromatic rings. The topological polar surface area (TPSA) is 86.5 Å². The number of hydrogen-bond donors (Lipinski definition) is 2. The van der Waals surface area contributed by atoms with Crippen LogP contribution in [-0.4, -0.2) is 30.3 Å². The highest BCUT2D eigenvalue weighted by Crippen LogP contribution is 2.18. The van der Waals surface area contributed by atoms with Gasteiger partial charge < -0.3 is 20.5 Å². The molecule has 6 heteroatoms. The summed E-state index contributed by atoms with van der Waals surface area (Å²) in [6.45, 7) is 5.77. The van der Waals surface area contributed by atoms with E-state index in [2.05, 4.69) is 10.3 Å². The smallest absolute Gasteiger partial charge is 0.407 e. The lowest BCUT2D eigenvalue weighted by molar-refractivity contribution is 0.0534. The number of nitrogens with one attached hydrogen (secondary N) is 1. The molecule has 0 fully saturated rings. The number of nitrogens with two attached hydrogens (primary N) is 1. The normalized spacial score (nSPS) is 11.4. The van der Waals surface area contributed by atoms with E-state index in [4.69, 9.17) is 15.2 Å². The molecule has 0 spiro atoms. The first-order valence-corrected chi connectivity index (χ1v) is 6.25. The van der Waals surface area contributed by atoms with Crippen molar-refractivity contribution in [2.24, 2.45) is 0 Å². The van der Waals surface area contributed by atoms with Gasteiger partial charge in [-0.15, -0.1) is 0 Å². The summed E-state index contributed by atoms with van der Waals surface area (Å²) >= 11 is 0. The number of rotatable bonds is 4. The predicted molar refractivity (Wildman–Crippen MR) is 78.5 cm³/mol. The summed E-state index contributed by atoms with van der Waals surface area (Å²) in [5, 5.41) is 2.62. The zero-order valence-electron chi connectivity index (χ0n) is 12.3. The van der Waals surface area contributed by atoms with E-state index in [0.29, 0.717) is 18.1 Å². The average Bonchev–Trinajstić information content (AvgIpc) is 2.33. The monoisotopic (exact) mass is 279 g/mol. The van der Waals surface area contributed by atoms with Gasteiger partial charge in [-0.2, -0.15) is 0 Å². The number of carbonyl (C=O) groups is 1. The van der Waals surface area contributed by atoms with Crippen LogP contribution in [0.3, 0.4) is 0 Å². The van der Waals surface area contributed by atoms with Gasteiger partial charge in [-0.3, -0.25) is 0 Å². The second-order valence-electron chi connectivity index (χ2n) is 5.15. The number of pyridine rings is 1. The van der Waals surface area contributed by atoms with Gasteiger partial charge in [0.2, 0.25) is 5.88 Å². The fourth-order valence-corrected chi connectivity index (χ4v) is 1.42. The molecule has 3 N–H and O–H groups in total. The van der Waals surface area contributed by atoms with Crippen LogP contribution in [-0.2, 0) is 4.74 Å². The number of ether oxygens (including phenoxy) is 2. The summed E-state index contributed by atoms with van der Waals surface area (Å²) in [6.07, 6.45) is 4.61. The molecule has 1 heterocycles. The van der Waals surface area contributed by atoms with Crippen LogP contribution in [0.1, 0.15) is 26.3 Å². The van der Waals surface area contributed by atoms with Crippen molar-refractivity contribution in [3.63, 3.8) is 0 Å². The standard InChI is InChI=1S/C14H21N3O3/c1-14(2,3)20-13(18)16-7-5-6-10-8-11(15)9-17-12(10)19-4/h5-6,8-9H,7,15H2,1-4H3,(H,16,18). The molecule has 0 radical (unpaired) electrons. The zero-order chi connectivity index (χ0) is 15.2. The Morgan fingerprint density at radius 1 is 1.50 bits per heavy atom. The molecule has 0 aliphatic carbocycles. The van der Waals surface area contributed by atoms with Gasteiger partial charge in [-0.1, -0.05) is 12.2 Å². The van der Waals surface area contributed by atoms with Crippen LogP contribution in [0.15, 0.2) is 18.3 Å². The summed E-state index contributed by atoms with van der Waals surface area (Å²) in [5.74, 6) is 0.479. The van der Waals surface area contributed by atoms with Gasteiger partial charge >= 0.3 is 6.09 Å². The van der Waals surface area contributed by atoms with E-state index < -0.39 is 11.7 Å². The van der Waals surface area contributed by atoms with Crippen LogP contribution in [0.5, 0.6) is 5.88 Å². The molecule has 0 saturated heterocycles. The Morgan fingerprint density at radius 2 is 2.20 bits per heavy atom. The highest BCUT2D eigenvalue weighted by atomic mass is 16.6. The Bertz CT molecular complexity index is 493. The van der Waals surface area contributed by atoms with E-state index in [1.165, 1.54) is 13.3 Å². The van der Waals surface area contributed by atoms with Crippen molar-refractivity contribution in [2.75, 3.05) is 19.4 Å². The Labute approximate surface area is 119 Å². The molecule has 0 saturated carbocycles. The molecule has 0 atom stereocenters. The Morgan fingerprint density at radius 3 is 2.80 bits per heavy atom. The maximum atomic E-state index is 11.4. The van der Waals surface area contributed by atoms with Crippen molar-refractivity contribution in [1.29, 1.82) is 0 Å². The highest BCUT2D eigenvalue weighted by Gasteiger charge is 2.14. The van der Waals surface area contributed by atoms with E-state index in [-0.39, 0.29) is 0 Å². The van der Waals surface area contributed by atoms with Gasteiger partial charge in [-0.05, 0) is 26.8 Å². The zero-order valence-corrected chi connectivity index (χ0v) is 12.3. The van der Waals surface area contributed by atoms with Gasteiger partial charge in [0.25, 0.3) is 0 Å². The van der Waals surface area contributed by atoms with Gasteiger partial charge in [0.05, 0.1) is 19.0 Å². The maximum absolute atomic E-state index is 11.4. The van der Waals surface area contributed by atoms with E-state index in [9.17, 15) is 4.79 Å².